The van der Waals surface area contributed by atoms with Gasteiger partial charge in [-0.05, 0) is 43.5 Å². The van der Waals surface area contributed by atoms with Crippen LogP contribution in [0.3, 0.4) is 0 Å². The lowest BCUT2D eigenvalue weighted by atomic mass is 10.1. The molecule has 1 aromatic carbocycles. The maximum absolute atomic E-state index is 12.7. The van der Waals surface area contributed by atoms with E-state index in [0.717, 1.165) is 23.3 Å². The summed E-state index contributed by atoms with van der Waals surface area (Å²) in [4.78, 5) is 44.1. The van der Waals surface area contributed by atoms with Gasteiger partial charge < -0.3 is 14.8 Å². The Hall–Kier alpha value is -3.36. The molecule has 152 valence electrons. The van der Waals surface area contributed by atoms with Crippen LogP contribution in [0.2, 0.25) is 0 Å². The Morgan fingerprint density at radius 1 is 1.07 bits per heavy atom. The molecule has 3 aromatic rings. The minimum Gasteiger partial charge on any atom is -0.372 e. The summed E-state index contributed by atoms with van der Waals surface area (Å²) in [5.41, 5.74) is 1.24. The number of hydrogen-bond donors (Lipinski definition) is 1. The van der Waals surface area contributed by atoms with Crippen LogP contribution < -0.4 is 21.5 Å². The number of aromatic nitrogens is 4. The van der Waals surface area contributed by atoms with Crippen LogP contribution in [0.1, 0.15) is 19.3 Å². The summed E-state index contributed by atoms with van der Waals surface area (Å²) in [6.07, 6.45) is 5.14. The zero-order valence-corrected chi connectivity index (χ0v) is 16.6. The molecule has 4 rings (SSSR count). The van der Waals surface area contributed by atoms with Crippen LogP contribution in [0, 0.1) is 0 Å². The van der Waals surface area contributed by atoms with E-state index in [9.17, 15) is 14.4 Å². The van der Waals surface area contributed by atoms with E-state index in [0.29, 0.717) is 11.3 Å². The zero-order valence-electron chi connectivity index (χ0n) is 16.6. The monoisotopic (exact) mass is 396 g/mol. The van der Waals surface area contributed by atoms with Crippen LogP contribution in [0.5, 0.6) is 0 Å². The Morgan fingerprint density at radius 2 is 1.76 bits per heavy atom. The summed E-state index contributed by atoms with van der Waals surface area (Å²) in [6, 6.07) is 7.64. The largest absolute Gasteiger partial charge is 0.372 e. The van der Waals surface area contributed by atoms with Crippen molar-refractivity contribution in [3.05, 3.63) is 51.4 Å². The molecule has 29 heavy (non-hydrogen) atoms. The lowest BCUT2D eigenvalue weighted by Crippen LogP contribution is -2.42. The highest BCUT2D eigenvalue weighted by molar-refractivity contribution is 5.90. The fourth-order valence-corrected chi connectivity index (χ4v) is 3.79. The second-order valence-electron chi connectivity index (χ2n) is 7.40. The van der Waals surface area contributed by atoms with Crippen molar-refractivity contribution >= 4 is 28.4 Å². The molecule has 1 N–H and O–H groups in total. The van der Waals surface area contributed by atoms with Crippen molar-refractivity contribution in [3.63, 3.8) is 0 Å². The lowest BCUT2D eigenvalue weighted by Gasteiger charge is -2.28. The lowest BCUT2D eigenvalue weighted by molar-refractivity contribution is -0.116. The van der Waals surface area contributed by atoms with Crippen molar-refractivity contribution in [1.82, 2.24) is 18.7 Å². The Labute approximate surface area is 167 Å². The van der Waals surface area contributed by atoms with E-state index in [1.54, 1.807) is 11.6 Å². The molecule has 0 spiro atoms. The molecule has 2 aromatic heterocycles. The van der Waals surface area contributed by atoms with E-state index < -0.39 is 17.2 Å². The van der Waals surface area contributed by atoms with Crippen LogP contribution in [0.15, 0.2) is 40.2 Å². The van der Waals surface area contributed by atoms with E-state index in [4.69, 9.17) is 0 Å². The van der Waals surface area contributed by atoms with Crippen molar-refractivity contribution in [2.75, 3.05) is 23.3 Å². The van der Waals surface area contributed by atoms with Crippen molar-refractivity contribution < 1.29 is 4.79 Å². The Kier molecular flexibility index (Phi) is 4.96. The summed E-state index contributed by atoms with van der Waals surface area (Å²) in [7, 11) is 3.21. The second-order valence-corrected chi connectivity index (χ2v) is 7.40. The standard InChI is InChI=1S/C20H24N6O3/c1-23-13-21-18-17(23)19(28)26(20(29)24(18)2)12-16(27)22-14-6-8-15(9-7-14)25-10-4-3-5-11-25/h6-9,13H,3-5,10-12H2,1-2H3,(H,22,27). The Balaban J connectivity index is 1.52. The van der Waals surface area contributed by atoms with Crippen LogP contribution in [-0.2, 0) is 25.4 Å². The number of imidazole rings is 1. The van der Waals surface area contributed by atoms with Crippen molar-refractivity contribution in [1.29, 1.82) is 0 Å². The number of hydrogen-bond acceptors (Lipinski definition) is 5. The van der Waals surface area contributed by atoms with E-state index >= 15 is 0 Å². The molecule has 1 aliphatic rings. The number of nitrogens with one attached hydrogen (secondary N) is 1. The smallest absolute Gasteiger partial charge is 0.332 e. The first-order valence-electron chi connectivity index (χ1n) is 9.71. The van der Waals surface area contributed by atoms with Crippen molar-refractivity contribution in [2.24, 2.45) is 14.1 Å². The minimum absolute atomic E-state index is 0.283. The normalized spacial score (nSPS) is 14.3. The van der Waals surface area contributed by atoms with Gasteiger partial charge >= 0.3 is 5.69 Å². The number of benzene rings is 1. The summed E-state index contributed by atoms with van der Waals surface area (Å²) in [5.74, 6) is -0.434. The summed E-state index contributed by atoms with van der Waals surface area (Å²) in [5, 5.41) is 2.76. The first-order chi connectivity index (χ1) is 14.0. The third-order valence-corrected chi connectivity index (χ3v) is 5.37. The first-order valence-corrected chi connectivity index (χ1v) is 9.71. The van der Waals surface area contributed by atoms with Gasteiger partial charge in [0, 0.05) is 38.6 Å². The third kappa shape index (κ3) is 3.55. The van der Waals surface area contributed by atoms with Crippen molar-refractivity contribution in [2.45, 2.75) is 25.8 Å². The molecule has 1 saturated heterocycles. The molecule has 0 radical (unpaired) electrons. The van der Waals surface area contributed by atoms with Gasteiger partial charge in [0.15, 0.2) is 11.2 Å². The maximum atomic E-state index is 12.7. The highest BCUT2D eigenvalue weighted by Gasteiger charge is 2.17. The topological polar surface area (TPSA) is 94.2 Å². The molecular weight excluding hydrogens is 372 g/mol. The molecule has 0 bridgehead atoms. The molecule has 0 unspecified atom stereocenters. The number of piperidine rings is 1. The number of nitrogens with zero attached hydrogens (tertiary/aromatic N) is 5. The molecular formula is C20H24N6O3. The van der Waals surface area contributed by atoms with E-state index in [1.807, 2.05) is 24.3 Å². The van der Waals surface area contributed by atoms with E-state index in [1.165, 1.54) is 37.2 Å². The highest BCUT2D eigenvalue weighted by atomic mass is 16.2. The summed E-state index contributed by atoms with van der Waals surface area (Å²) < 4.78 is 3.75. The predicted octanol–water partition coefficient (Wildman–Crippen LogP) is 1.06. The van der Waals surface area contributed by atoms with E-state index in [2.05, 4.69) is 15.2 Å². The van der Waals surface area contributed by atoms with Gasteiger partial charge in [-0.1, -0.05) is 0 Å². The average Bonchev–Trinajstić information content (AvgIpc) is 3.12. The third-order valence-electron chi connectivity index (χ3n) is 5.37. The van der Waals surface area contributed by atoms with Gasteiger partial charge in [0.25, 0.3) is 5.56 Å². The SMILES string of the molecule is Cn1cnc2c1c(=O)n(CC(=O)Nc1ccc(N3CCCCC3)cc1)c(=O)n2C. The van der Waals surface area contributed by atoms with Gasteiger partial charge in [-0.25, -0.2) is 14.3 Å². The van der Waals surface area contributed by atoms with Crippen molar-refractivity contribution in [3.8, 4) is 0 Å². The Bertz CT molecular complexity index is 1170. The van der Waals surface area contributed by atoms with Gasteiger partial charge in [0.1, 0.15) is 6.54 Å². The number of carbonyl (C=O) groups excluding carboxylic acids is 1. The number of fused-ring (bicyclic) bond motifs is 1. The van der Waals surface area contributed by atoms with Gasteiger partial charge in [-0.15, -0.1) is 0 Å². The minimum atomic E-state index is -0.572. The fourth-order valence-electron chi connectivity index (χ4n) is 3.79. The quantitative estimate of drug-likeness (QED) is 0.712. The first kappa shape index (κ1) is 19.0. The number of anilines is 2. The molecule has 1 fully saturated rings. The van der Waals surface area contributed by atoms with Gasteiger partial charge in [0.05, 0.1) is 6.33 Å². The van der Waals surface area contributed by atoms with E-state index in [-0.39, 0.29) is 12.1 Å². The highest BCUT2D eigenvalue weighted by Crippen LogP contribution is 2.21. The maximum Gasteiger partial charge on any atom is 0.332 e. The summed E-state index contributed by atoms with van der Waals surface area (Å²) >= 11 is 0. The zero-order chi connectivity index (χ0) is 20.5. The molecule has 9 nitrogen and oxygen atoms in total. The number of amides is 1. The number of rotatable bonds is 4. The second kappa shape index (κ2) is 7.57. The van der Waals surface area contributed by atoms with Crippen LogP contribution in [-0.4, -0.2) is 37.7 Å². The molecule has 1 amide bonds. The molecule has 0 aliphatic carbocycles. The summed E-state index contributed by atoms with van der Waals surface area (Å²) in [6.45, 7) is 1.74. The predicted molar refractivity (Wildman–Crippen MR) is 111 cm³/mol. The number of aryl methyl sites for hydroxylation is 2. The van der Waals surface area contributed by atoms with Gasteiger partial charge in [-0.2, -0.15) is 0 Å². The molecule has 1 aliphatic heterocycles. The van der Waals surface area contributed by atoms with Crippen LogP contribution in [0.25, 0.3) is 11.2 Å². The van der Waals surface area contributed by atoms with Gasteiger partial charge in [-0.3, -0.25) is 14.2 Å². The average molecular weight is 396 g/mol. The van der Waals surface area contributed by atoms with Gasteiger partial charge in [0.2, 0.25) is 5.91 Å². The molecule has 0 atom stereocenters. The fraction of sp³-hybridized carbons (Fsp3) is 0.400. The van der Waals surface area contributed by atoms with Crippen LogP contribution >= 0.6 is 0 Å². The Morgan fingerprint density at radius 3 is 2.45 bits per heavy atom. The molecule has 0 saturated carbocycles. The number of carbonyl (C=O) groups is 1. The van der Waals surface area contributed by atoms with Crippen LogP contribution in [0.4, 0.5) is 11.4 Å². The molecule has 3 heterocycles. The molecule has 9 heteroatoms.